The van der Waals surface area contributed by atoms with Gasteiger partial charge in [0.1, 0.15) is 0 Å². The Morgan fingerprint density at radius 1 is 0.571 bits per heavy atom. The Hall–Kier alpha value is -1.66. The minimum atomic E-state index is -3.13. The zero-order chi connectivity index (χ0) is 21.0. The van der Waals surface area contributed by atoms with Crippen molar-refractivity contribution >= 4 is 22.7 Å². The van der Waals surface area contributed by atoms with E-state index >= 15 is 0 Å². The first-order valence-electron chi connectivity index (χ1n) is 9.38. The molecule has 0 aliphatic heterocycles. The zero-order valence-electron chi connectivity index (χ0n) is 16.6. The van der Waals surface area contributed by atoms with Crippen LogP contribution in [0.2, 0.25) is 0 Å². The van der Waals surface area contributed by atoms with E-state index in [1.165, 1.54) is 46.9 Å². The van der Waals surface area contributed by atoms with Crippen molar-refractivity contribution in [2.24, 2.45) is 0 Å². The molecule has 0 saturated carbocycles. The second-order valence-electron chi connectivity index (χ2n) is 6.29. The lowest BCUT2D eigenvalue weighted by Gasteiger charge is -2.15. The number of thiophene rings is 2. The predicted octanol–water partition coefficient (Wildman–Crippen LogP) is 8.72. The quantitative estimate of drug-likeness (QED) is 0.315. The van der Waals surface area contributed by atoms with Gasteiger partial charge in [-0.25, -0.2) is 0 Å². The van der Waals surface area contributed by atoms with Crippen LogP contribution in [-0.4, -0.2) is 0 Å². The summed E-state index contributed by atoms with van der Waals surface area (Å²) in [5, 5.41) is 0. The third kappa shape index (κ3) is 2.68. The largest absolute Gasteiger partial charge is 0.300 e. The fraction of sp³-hybridized carbons (Fsp3) is 0.364. The van der Waals surface area contributed by atoms with Crippen molar-refractivity contribution in [3.8, 4) is 20.9 Å². The molecule has 0 saturated heterocycles. The van der Waals surface area contributed by atoms with Crippen LogP contribution < -0.4 is 0 Å². The van der Waals surface area contributed by atoms with E-state index in [1.54, 1.807) is 13.8 Å². The molecule has 1 aromatic carbocycles. The Morgan fingerprint density at radius 2 is 0.893 bits per heavy atom. The number of alkyl halides is 4. The summed E-state index contributed by atoms with van der Waals surface area (Å²) in [6.45, 7) is 11.5. The third-order valence-electron chi connectivity index (χ3n) is 4.71. The van der Waals surface area contributed by atoms with Crippen LogP contribution in [0.25, 0.3) is 20.9 Å². The number of benzene rings is 1. The van der Waals surface area contributed by atoms with E-state index in [2.05, 4.69) is 0 Å². The van der Waals surface area contributed by atoms with Crippen LogP contribution in [-0.2, 0) is 11.8 Å². The Bertz CT molecular complexity index is 957. The molecule has 0 amide bonds. The molecule has 2 aromatic heterocycles. The van der Waals surface area contributed by atoms with E-state index in [-0.39, 0.29) is 33.4 Å². The van der Waals surface area contributed by atoms with Crippen molar-refractivity contribution in [1.82, 2.24) is 0 Å². The maximum absolute atomic E-state index is 14.8. The van der Waals surface area contributed by atoms with E-state index in [0.717, 1.165) is 9.75 Å². The van der Waals surface area contributed by atoms with Gasteiger partial charge in [-0.3, -0.25) is 0 Å². The van der Waals surface area contributed by atoms with E-state index < -0.39 is 11.8 Å². The Labute approximate surface area is 170 Å². The van der Waals surface area contributed by atoms with Crippen molar-refractivity contribution in [3.63, 3.8) is 0 Å². The van der Waals surface area contributed by atoms with Crippen LogP contribution in [0.5, 0.6) is 0 Å². The molecule has 0 nitrogen and oxygen atoms in total. The molecule has 0 radical (unpaired) electrons. The number of hydrogen-bond donors (Lipinski definition) is 0. The molecule has 6 heteroatoms. The molecule has 0 fully saturated rings. The number of hydrogen-bond acceptors (Lipinski definition) is 2. The molecule has 0 unspecified atom stereocenters. The monoisotopic (exact) mass is 426 g/mol. The first-order chi connectivity index (χ1) is 13.2. The van der Waals surface area contributed by atoms with Crippen LogP contribution >= 0.6 is 22.7 Å². The van der Waals surface area contributed by atoms with E-state index in [1.807, 2.05) is 27.7 Å². The smallest absolute Gasteiger partial charge is 0.196 e. The molecule has 2 heterocycles. The first kappa shape index (κ1) is 21.1. The van der Waals surface area contributed by atoms with Gasteiger partial charge in [-0.15, -0.1) is 22.7 Å². The van der Waals surface area contributed by atoms with Gasteiger partial charge >= 0.3 is 11.8 Å². The highest BCUT2D eigenvalue weighted by molar-refractivity contribution is 7.16. The molecule has 2 aliphatic carbocycles. The molecule has 0 spiro atoms. The topological polar surface area (TPSA) is 0 Å². The lowest BCUT2D eigenvalue weighted by molar-refractivity contribution is 0.0452. The van der Waals surface area contributed by atoms with Gasteiger partial charge in [0.15, 0.2) is 0 Å². The summed E-state index contributed by atoms with van der Waals surface area (Å²) in [6.07, 6.45) is 0. The summed E-state index contributed by atoms with van der Waals surface area (Å²) in [7, 11) is 0. The maximum Gasteiger partial charge on any atom is 0.300 e. The second-order valence-corrected chi connectivity index (χ2v) is 8.80. The average molecular weight is 427 g/mol. The van der Waals surface area contributed by atoms with E-state index in [4.69, 9.17) is 0 Å². The van der Waals surface area contributed by atoms with Gasteiger partial charge in [0.25, 0.3) is 0 Å². The molecule has 0 bridgehead atoms. The minimum Gasteiger partial charge on any atom is -0.196 e. The van der Waals surface area contributed by atoms with Gasteiger partial charge in [0.2, 0.25) is 0 Å². The fourth-order valence-electron chi connectivity index (χ4n) is 3.68. The molecule has 0 N–H and O–H groups in total. The Morgan fingerprint density at radius 3 is 1.21 bits per heavy atom. The summed E-state index contributed by atoms with van der Waals surface area (Å²) < 4.78 is 59.2. The maximum atomic E-state index is 14.8. The normalized spacial score (nSPS) is 16.1. The van der Waals surface area contributed by atoms with Crippen molar-refractivity contribution < 1.29 is 17.6 Å². The Kier molecular flexibility index (Phi) is 5.26. The fourth-order valence-corrected chi connectivity index (χ4v) is 5.83. The van der Waals surface area contributed by atoms with Crippen LogP contribution in [0.3, 0.4) is 0 Å². The molecule has 3 aromatic rings. The van der Waals surface area contributed by atoms with Gasteiger partial charge < -0.3 is 0 Å². The summed E-state index contributed by atoms with van der Waals surface area (Å²) >= 11 is 2.47. The van der Waals surface area contributed by atoms with Gasteiger partial charge in [0.05, 0.1) is 0 Å². The van der Waals surface area contributed by atoms with Gasteiger partial charge in [-0.1, -0.05) is 27.7 Å². The highest BCUT2D eigenvalue weighted by atomic mass is 32.1. The SMILES string of the molecule is CC.CC.Cc1cc2c(s1)-c1cc3c(cc1C2(F)F)-c1sc(C)cc1C3(F)F. The lowest BCUT2D eigenvalue weighted by Crippen LogP contribution is -2.13. The van der Waals surface area contributed by atoms with Crippen molar-refractivity contribution in [1.29, 1.82) is 0 Å². The van der Waals surface area contributed by atoms with Gasteiger partial charge in [0, 0.05) is 52.9 Å². The molecule has 28 heavy (non-hydrogen) atoms. The van der Waals surface area contributed by atoms with Crippen molar-refractivity contribution in [2.45, 2.75) is 53.4 Å². The van der Waals surface area contributed by atoms with Crippen LogP contribution in [0.15, 0.2) is 24.3 Å². The first-order valence-corrected chi connectivity index (χ1v) is 11.0. The van der Waals surface area contributed by atoms with E-state index in [0.29, 0.717) is 9.75 Å². The Balaban J connectivity index is 0.000000531. The van der Waals surface area contributed by atoms with Crippen molar-refractivity contribution in [3.05, 3.63) is 56.3 Å². The highest BCUT2D eigenvalue weighted by Crippen LogP contribution is 2.60. The van der Waals surface area contributed by atoms with Gasteiger partial charge in [-0.2, -0.15) is 17.6 Å². The minimum absolute atomic E-state index is 0.0606. The van der Waals surface area contributed by atoms with Crippen LogP contribution in [0.1, 0.15) is 59.7 Å². The summed E-state index contributed by atoms with van der Waals surface area (Å²) in [4.78, 5) is 2.34. The van der Waals surface area contributed by atoms with E-state index in [9.17, 15) is 17.6 Å². The second kappa shape index (κ2) is 6.99. The molecule has 2 aliphatic rings. The standard InChI is InChI=1S/C18H10F4S2.2C2H6/c1-7-3-13-15(23-7)9-5-12-10(6-11(9)17(13,19)20)16-14(18(12,21)22)4-8(2)24-16;2*1-2/h3-6H,1-2H3;2*1-2H3. The summed E-state index contributed by atoms with van der Waals surface area (Å²) in [6, 6.07) is 5.48. The highest BCUT2D eigenvalue weighted by Gasteiger charge is 2.51. The molecular weight excluding hydrogens is 404 g/mol. The van der Waals surface area contributed by atoms with Gasteiger partial charge in [-0.05, 0) is 38.1 Å². The predicted molar refractivity (Wildman–Crippen MR) is 111 cm³/mol. The lowest BCUT2D eigenvalue weighted by atomic mass is 9.99. The number of halogens is 4. The van der Waals surface area contributed by atoms with Crippen LogP contribution in [0.4, 0.5) is 17.6 Å². The summed E-state index contributed by atoms with van der Waals surface area (Å²) in [5.74, 6) is -6.26. The van der Waals surface area contributed by atoms with Crippen LogP contribution in [0, 0.1) is 13.8 Å². The molecule has 0 atom stereocenters. The zero-order valence-corrected chi connectivity index (χ0v) is 18.3. The molecular formula is C22H22F4S2. The average Bonchev–Trinajstić information content (AvgIpc) is 3.35. The summed E-state index contributed by atoms with van der Waals surface area (Å²) in [5.41, 5.74) is 0.0651. The molecule has 150 valence electrons. The molecule has 5 rings (SSSR count). The third-order valence-corrected chi connectivity index (χ3v) is 6.88. The number of rotatable bonds is 0. The van der Waals surface area contributed by atoms with Crippen molar-refractivity contribution in [2.75, 3.05) is 0 Å². The number of fused-ring (bicyclic) bond motifs is 6. The number of aryl methyl sites for hydroxylation is 2.